The standard InChI is InChI=1S/C16H20ClN3O2/c17-14-3-1-13(2-4-14)16(5-6-16)11-18-15(22)20-9-7-19(12-21)8-10-20/h1-4,12H,5-11H2,(H,18,22). The van der Waals surface area contributed by atoms with Gasteiger partial charge in [-0.15, -0.1) is 0 Å². The summed E-state index contributed by atoms with van der Waals surface area (Å²) >= 11 is 5.93. The average molecular weight is 322 g/mol. The van der Waals surface area contributed by atoms with E-state index in [9.17, 15) is 9.59 Å². The zero-order valence-corrected chi connectivity index (χ0v) is 13.2. The van der Waals surface area contributed by atoms with Gasteiger partial charge in [-0.1, -0.05) is 23.7 Å². The van der Waals surface area contributed by atoms with Crippen LogP contribution in [-0.4, -0.2) is 55.0 Å². The molecule has 1 heterocycles. The van der Waals surface area contributed by atoms with Crippen molar-refractivity contribution >= 4 is 24.0 Å². The number of amides is 3. The topological polar surface area (TPSA) is 52.7 Å². The molecule has 1 aliphatic heterocycles. The molecule has 2 aliphatic rings. The Morgan fingerprint density at radius 2 is 1.82 bits per heavy atom. The molecule has 3 amide bonds. The lowest BCUT2D eigenvalue weighted by Gasteiger charge is -2.33. The van der Waals surface area contributed by atoms with Gasteiger partial charge >= 0.3 is 6.03 Å². The first kappa shape index (κ1) is 15.2. The molecule has 22 heavy (non-hydrogen) atoms. The van der Waals surface area contributed by atoms with Crippen molar-refractivity contribution in [3.05, 3.63) is 34.9 Å². The number of halogens is 1. The first-order valence-electron chi connectivity index (χ1n) is 7.61. The molecule has 0 radical (unpaired) electrons. The minimum atomic E-state index is -0.0363. The molecule has 0 atom stereocenters. The lowest BCUT2D eigenvalue weighted by Crippen LogP contribution is -2.52. The molecule has 0 spiro atoms. The van der Waals surface area contributed by atoms with Crippen molar-refractivity contribution in [1.29, 1.82) is 0 Å². The van der Waals surface area contributed by atoms with Crippen LogP contribution in [0.15, 0.2) is 24.3 Å². The van der Waals surface area contributed by atoms with Crippen molar-refractivity contribution in [2.45, 2.75) is 18.3 Å². The third-order valence-corrected chi connectivity index (χ3v) is 4.89. The molecule has 2 fully saturated rings. The second-order valence-corrected chi connectivity index (χ2v) is 6.51. The van der Waals surface area contributed by atoms with Crippen LogP contribution in [0.4, 0.5) is 4.79 Å². The largest absolute Gasteiger partial charge is 0.342 e. The van der Waals surface area contributed by atoms with Crippen LogP contribution in [0.1, 0.15) is 18.4 Å². The van der Waals surface area contributed by atoms with Crippen LogP contribution in [0.5, 0.6) is 0 Å². The van der Waals surface area contributed by atoms with Gasteiger partial charge in [0.15, 0.2) is 0 Å². The maximum absolute atomic E-state index is 12.2. The Balaban J connectivity index is 1.53. The number of nitrogens with one attached hydrogen (secondary N) is 1. The van der Waals surface area contributed by atoms with Crippen LogP contribution in [0.3, 0.4) is 0 Å². The van der Waals surface area contributed by atoms with Gasteiger partial charge in [-0.05, 0) is 30.5 Å². The number of rotatable bonds is 4. The minimum Gasteiger partial charge on any atom is -0.342 e. The van der Waals surface area contributed by atoms with Crippen molar-refractivity contribution in [1.82, 2.24) is 15.1 Å². The predicted molar refractivity (Wildman–Crippen MR) is 85.0 cm³/mol. The fraction of sp³-hybridized carbons (Fsp3) is 0.500. The van der Waals surface area contributed by atoms with Gasteiger partial charge < -0.3 is 15.1 Å². The maximum Gasteiger partial charge on any atom is 0.317 e. The molecule has 1 N–H and O–H groups in total. The third-order valence-electron chi connectivity index (χ3n) is 4.64. The quantitative estimate of drug-likeness (QED) is 0.861. The Morgan fingerprint density at radius 3 is 2.36 bits per heavy atom. The lowest BCUT2D eigenvalue weighted by molar-refractivity contribution is -0.119. The molecular formula is C16H20ClN3O2. The predicted octanol–water partition coefficient (Wildman–Crippen LogP) is 1.86. The van der Waals surface area contributed by atoms with Crippen LogP contribution in [0, 0.1) is 0 Å². The number of benzene rings is 1. The molecule has 118 valence electrons. The second kappa shape index (κ2) is 6.16. The van der Waals surface area contributed by atoms with E-state index in [4.69, 9.17) is 11.6 Å². The molecule has 1 aromatic rings. The summed E-state index contributed by atoms with van der Waals surface area (Å²) in [6, 6.07) is 7.86. The van der Waals surface area contributed by atoms with Gasteiger partial charge in [0.1, 0.15) is 0 Å². The van der Waals surface area contributed by atoms with Crippen molar-refractivity contribution in [2.75, 3.05) is 32.7 Å². The number of nitrogens with zero attached hydrogens (tertiary/aromatic N) is 2. The second-order valence-electron chi connectivity index (χ2n) is 6.07. The summed E-state index contributed by atoms with van der Waals surface area (Å²) in [5, 5.41) is 3.78. The zero-order valence-electron chi connectivity index (χ0n) is 12.4. The van der Waals surface area contributed by atoms with E-state index in [1.807, 2.05) is 24.3 Å². The van der Waals surface area contributed by atoms with Crippen molar-refractivity contribution in [3.63, 3.8) is 0 Å². The molecule has 0 unspecified atom stereocenters. The van der Waals surface area contributed by atoms with E-state index in [1.54, 1.807) is 9.80 Å². The molecule has 1 saturated heterocycles. The Morgan fingerprint density at radius 1 is 1.18 bits per heavy atom. The summed E-state index contributed by atoms with van der Waals surface area (Å²) in [6.07, 6.45) is 3.02. The summed E-state index contributed by atoms with van der Waals surface area (Å²) in [6.45, 7) is 3.07. The highest BCUT2D eigenvalue weighted by Gasteiger charge is 2.44. The van der Waals surface area contributed by atoms with Crippen LogP contribution < -0.4 is 5.32 Å². The van der Waals surface area contributed by atoms with Gasteiger partial charge in [-0.3, -0.25) is 4.79 Å². The van der Waals surface area contributed by atoms with Gasteiger partial charge in [0.25, 0.3) is 0 Å². The first-order chi connectivity index (χ1) is 10.6. The number of carbonyl (C=O) groups excluding carboxylic acids is 2. The molecule has 0 bridgehead atoms. The molecular weight excluding hydrogens is 302 g/mol. The molecule has 1 saturated carbocycles. The zero-order chi connectivity index (χ0) is 15.6. The van der Waals surface area contributed by atoms with E-state index in [0.717, 1.165) is 24.3 Å². The average Bonchev–Trinajstić information content (AvgIpc) is 3.34. The number of hydrogen-bond donors (Lipinski definition) is 1. The Hall–Kier alpha value is -1.75. The molecule has 0 aromatic heterocycles. The summed E-state index contributed by atoms with van der Waals surface area (Å²) in [4.78, 5) is 26.4. The van der Waals surface area contributed by atoms with Gasteiger partial charge in [-0.2, -0.15) is 0 Å². The van der Waals surface area contributed by atoms with Crippen molar-refractivity contribution in [3.8, 4) is 0 Å². The van der Waals surface area contributed by atoms with E-state index in [1.165, 1.54) is 5.56 Å². The van der Waals surface area contributed by atoms with E-state index in [2.05, 4.69) is 5.32 Å². The van der Waals surface area contributed by atoms with Crippen LogP contribution >= 0.6 is 11.6 Å². The van der Waals surface area contributed by atoms with Crippen LogP contribution in [0.25, 0.3) is 0 Å². The van der Waals surface area contributed by atoms with Gasteiger partial charge in [0, 0.05) is 43.2 Å². The molecule has 6 heteroatoms. The molecule has 5 nitrogen and oxygen atoms in total. The molecule has 3 rings (SSSR count). The SMILES string of the molecule is O=CN1CCN(C(=O)NCC2(c3ccc(Cl)cc3)CC2)CC1. The van der Waals surface area contributed by atoms with Crippen molar-refractivity contribution < 1.29 is 9.59 Å². The molecule has 1 aromatic carbocycles. The van der Waals surface area contributed by atoms with E-state index < -0.39 is 0 Å². The van der Waals surface area contributed by atoms with E-state index in [0.29, 0.717) is 32.7 Å². The Kier molecular flexibility index (Phi) is 4.25. The summed E-state index contributed by atoms with van der Waals surface area (Å²) in [5.41, 5.74) is 1.31. The van der Waals surface area contributed by atoms with Crippen molar-refractivity contribution in [2.24, 2.45) is 0 Å². The van der Waals surface area contributed by atoms with Gasteiger partial charge in [0.05, 0.1) is 0 Å². The van der Waals surface area contributed by atoms with E-state index in [-0.39, 0.29) is 11.4 Å². The highest BCUT2D eigenvalue weighted by Crippen LogP contribution is 2.47. The number of hydrogen-bond acceptors (Lipinski definition) is 2. The fourth-order valence-electron chi connectivity index (χ4n) is 2.91. The smallest absolute Gasteiger partial charge is 0.317 e. The van der Waals surface area contributed by atoms with Crippen LogP contribution in [0.2, 0.25) is 5.02 Å². The Labute approximate surface area is 135 Å². The number of piperazine rings is 1. The number of urea groups is 1. The normalized spacial score (nSPS) is 19.7. The fourth-order valence-corrected chi connectivity index (χ4v) is 3.03. The molecule has 1 aliphatic carbocycles. The minimum absolute atomic E-state index is 0.0363. The van der Waals surface area contributed by atoms with Crippen LogP contribution in [-0.2, 0) is 10.2 Å². The first-order valence-corrected chi connectivity index (χ1v) is 7.99. The number of carbonyl (C=O) groups is 2. The monoisotopic (exact) mass is 321 g/mol. The summed E-state index contributed by atoms with van der Waals surface area (Å²) in [7, 11) is 0. The summed E-state index contributed by atoms with van der Waals surface area (Å²) < 4.78 is 0. The maximum atomic E-state index is 12.2. The third kappa shape index (κ3) is 3.19. The highest BCUT2D eigenvalue weighted by molar-refractivity contribution is 6.30. The van der Waals surface area contributed by atoms with E-state index >= 15 is 0 Å². The highest BCUT2D eigenvalue weighted by atomic mass is 35.5. The summed E-state index contributed by atoms with van der Waals surface area (Å²) in [5.74, 6) is 0. The van der Waals surface area contributed by atoms with Gasteiger partial charge in [0.2, 0.25) is 6.41 Å². The lowest BCUT2D eigenvalue weighted by atomic mass is 9.96. The van der Waals surface area contributed by atoms with Gasteiger partial charge in [-0.25, -0.2) is 4.79 Å². The Bertz CT molecular complexity index is 549.